The summed E-state index contributed by atoms with van der Waals surface area (Å²) in [6.07, 6.45) is 2.30. The first-order chi connectivity index (χ1) is 12.9. The molecule has 2 aromatic rings. The van der Waals surface area contributed by atoms with Gasteiger partial charge in [-0.2, -0.15) is 0 Å². The molecule has 8 heteroatoms. The van der Waals surface area contributed by atoms with E-state index < -0.39 is 12.0 Å². The average molecular weight is 391 g/mol. The van der Waals surface area contributed by atoms with Crippen LogP contribution in [0.2, 0.25) is 5.02 Å². The fourth-order valence-corrected chi connectivity index (χ4v) is 3.44. The van der Waals surface area contributed by atoms with Gasteiger partial charge in [0, 0.05) is 23.7 Å². The average Bonchev–Trinajstić information content (AvgIpc) is 3.13. The number of benzene rings is 1. The van der Waals surface area contributed by atoms with Crippen LogP contribution in [0.1, 0.15) is 36.8 Å². The highest BCUT2D eigenvalue weighted by atomic mass is 35.5. The summed E-state index contributed by atoms with van der Waals surface area (Å²) in [5.41, 5.74) is 2.71. The van der Waals surface area contributed by atoms with Gasteiger partial charge in [0.05, 0.1) is 19.1 Å². The molecule has 7 nitrogen and oxygen atoms in total. The number of hydrogen-bond acceptors (Lipinski definition) is 4. The quantitative estimate of drug-likeness (QED) is 0.786. The second-order valence-corrected chi connectivity index (χ2v) is 7.29. The number of nitrogens with zero attached hydrogens (tertiary/aromatic N) is 2. The molecule has 0 fully saturated rings. The number of aromatic amines is 1. The van der Waals surface area contributed by atoms with Crippen molar-refractivity contribution in [2.24, 2.45) is 5.92 Å². The Labute approximate surface area is 163 Å². The van der Waals surface area contributed by atoms with Gasteiger partial charge in [0.1, 0.15) is 12.1 Å². The fraction of sp³-hybridized carbons (Fsp3) is 0.421. The van der Waals surface area contributed by atoms with Crippen LogP contribution in [0.4, 0.5) is 4.79 Å². The van der Waals surface area contributed by atoms with Crippen LogP contribution in [0.3, 0.4) is 0 Å². The third-order valence-electron chi connectivity index (χ3n) is 4.77. The highest BCUT2D eigenvalue weighted by Gasteiger charge is 2.36. The van der Waals surface area contributed by atoms with E-state index in [-0.39, 0.29) is 18.0 Å². The van der Waals surface area contributed by atoms with E-state index in [0.29, 0.717) is 18.0 Å². The smallest absolute Gasteiger partial charge is 0.328 e. The minimum atomic E-state index is -0.714. The van der Waals surface area contributed by atoms with Crippen molar-refractivity contribution in [3.8, 4) is 0 Å². The molecule has 1 aromatic heterocycles. The second-order valence-electron chi connectivity index (χ2n) is 6.86. The summed E-state index contributed by atoms with van der Waals surface area (Å²) < 4.78 is 4.83. The third kappa shape index (κ3) is 3.93. The molecule has 1 aliphatic heterocycles. The SMILES string of the molecule is COC(=O)C(NC(=O)N1CCc2[nH]cnc2C1c1ccc(Cl)cc1)C(C)C. The summed E-state index contributed by atoms with van der Waals surface area (Å²) >= 11 is 6.02. The number of hydrogen-bond donors (Lipinski definition) is 2. The molecule has 2 atom stereocenters. The van der Waals surface area contributed by atoms with Gasteiger partial charge in [0.2, 0.25) is 0 Å². The molecule has 144 valence electrons. The van der Waals surface area contributed by atoms with Crippen LogP contribution in [0.25, 0.3) is 0 Å². The van der Waals surface area contributed by atoms with Crippen LogP contribution in [0.15, 0.2) is 30.6 Å². The Bertz CT molecular complexity index is 819. The van der Waals surface area contributed by atoms with Crippen LogP contribution < -0.4 is 5.32 Å². The lowest BCUT2D eigenvalue weighted by atomic mass is 9.96. The second kappa shape index (κ2) is 8.00. The van der Waals surface area contributed by atoms with Crippen molar-refractivity contribution in [3.05, 3.63) is 52.6 Å². The number of H-pyrrole nitrogens is 1. The number of carbonyl (C=O) groups excluding carboxylic acids is 2. The maximum atomic E-state index is 13.1. The standard InChI is InChI=1S/C19H23ClN4O3/c1-11(2)15(18(25)27-3)23-19(26)24-9-8-14-16(22-10-21-14)17(24)12-4-6-13(20)7-5-12/h4-7,10-11,15,17H,8-9H2,1-3H3,(H,21,22)(H,23,26). The molecule has 2 N–H and O–H groups in total. The normalized spacial score (nSPS) is 17.4. The molecule has 1 aromatic carbocycles. The summed E-state index contributed by atoms with van der Waals surface area (Å²) in [5, 5.41) is 3.44. The molecule has 0 saturated carbocycles. The van der Waals surface area contributed by atoms with E-state index in [1.807, 2.05) is 26.0 Å². The largest absolute Gasteiger partial charge is 0.467 e. The van der Waals surface area contributed by atoms with Gasteiger partial charge in [-0.3, -0.25) is 0 Å². The Morgan fingerprint density at radius 3 is 2.67 bits per heavy atom. The zero-order valence-electron chi connectivity index (χ0n) is 15.5. The lowest BCUT2D eigenvalue weighted by molar-refractivity contribution is -0.144. The Morgan fingerprint density at radius 2 is 2.04 bits per heavy atom. The number of halogens is 1. The number of urea groups is 1. The number of methoxy groups -OCH3 is 1. The lowest BCUT2D eigenvalue weighted by Crippen LogP contribution is -2.53. The van der Waals surface area contributed by atoms with Crippen LogP contribution >= 0.6 is 11.6 Å². The Balaban J connectivity index is 1.91. The van der Waals surface area contributed by atoms with Crippen LogP contribution in [0.5, 0.6) is 0 Å². The summed E-state index contributed by atoms with van der Waals surface area (Å²) in [7, 11) is 1.32. The van der Waals surface area contributed by atoms with E-state index >= 15 is 0 Å². The first kappa shape index (κ1) is 19.2. The minimum Gasteiger partial charge on any atom is -0.467 e. The topological polar surface area (TPSA) is 87.3 Å². The number of nitrogens with one attached hydrogen (secondary N) is 2. The van der Waals surface area contributed by atoms with Gasteiger partial charge >= 0.3 is 12.0 Å². The van der Waals surface area contributed by atoms with Gasteiger partial charge in [-0.15, -0.1) is 0 Å². The monoisotopic (exact) mass is 390 g/mol. The molecule has 0 spiro atoms. The number of esters is 1. The van der Waals surface area contributed by atoms with Crippen LogP contribution in [-0.2, 0) is 16.0 Å². The molecular weight excluding hydrogens is 368 g/mol. The third-order valence-corrected chi connectivity index (χ3v) is 5.02. The molecule has 3 rings (SSSR count). The molecular formula is C19H23ClN4O3. The van der Waals surface area contributed by atoms with E-state index in [4.69, 9.17) is 16.3 Å². The molecule has 2 amide bonds. The van der Waals surface area contributed by atoms with Crippen molar-refractivity contribution in [3.63, 3.8) is 0 Å². The van der Waals surface area contributed by atoms with E-state index in [2.05, 4.69) is 15.3 Å². The predicted octanol–water partition coefficient (Wildman–Crippen LogP) is 2.92. The zero-order chi connectivity index (χ0) is 19.6. The Kier molecular flexibility index (Phi) is 5.70. The van der Waals surface area contributed by atoms with Gasteiger partial charge < -0.3 is 19.9 Å². The number of fused-ring (bicyclic) bond motifs is 1. The van der Waals surface area contributed by atoms with Crippen molar-refractivity contribution < 1.29 is 14.3 Å². The van der Waals surface area contributed by atoms with E-state index in [0.717, 1.165) is 17.0 Å². The molecule has 0 saturated heterocycles. The van der Waals surface area contributed by atoms with Gasteiger partial charge in [0.25, 0.3) is 0 Å². The Hall–Kier alpha value is -2.54. The molecule has 0 radical (unpaired) electrons. The summed E-state index contributed by atoms with van der Waals surface area (Å²) in [4.78, 5) is 34.4. The number of rotatable bonds is 4. The van der Waals surface area contributed by atoms with Gasteiger partial charge in [-0.25, -0.2) is 14.6 Å². The minimum absolute atomic E-state index is 0.0962. The molecule has 2 unspecified atom stereocenters. The van der Waals surface area contributed by atoms with Gasteiger partial charge in [-0.05, 0) is 23.6 Å². The lowest BCUT2D eigenvalue weighted by Gasteiger charge is -2.36. The summed E-state index contributed by atoms with van der Waals surface area (Å²) in [5.74, 6) is -0.556. The molecule has 2 heterocycles. The van der Waals surface area contributed by atoms with Crippen molar-refractivity contribution in [1.29, 1.82) is 0 Å². The number of aromatic nitrogens is 2. The molecule has 0 aliphatic carbocycles. The highest BCUT2D eigenvalue weighted by Crippen LogP contribution is 2.34. The number of carbonyl (C=O) groups is 2. The zero-order valence-corrected chi connectivity index (χ0v) is 16.3. The van der Waals surface area contributed by atoms with Gasteiger partial charge in [0.15, 0.2) is 0 Å². The van der Waals surface area contributed by atoms with Crippen molar-refractivity contribution in [1.82, 2.24) is 20.2 Å². The predicted molar refractivity (Wildman–Crippen MR) is 101 cm³/mol. The number of imidazole rings is 1. The molecule has 1 aliphatic rings. The number of amides is 2. The first-order valence-corrected chi connectivity index (χ1v) is 9.22. The van der Waals surface area contributed by atoms with Gasteiger partial charge in [-0.1, -0.05) is 37.6 Å². The number of ether oxygens (including phenoxy) is 1. The summed E-state index contributed by atoms with van der Waals surface area (Å²) in [6.45, 7) is 4.22. The van der Waals surface area contributed by atoms with E-state index in [9.17, 15) is 9.59 Å². The fourth-order valence-electron chi connectivity index (χ4n) is 3.32. The first-order valence-electron chi connectivity index (χ1n) is 8.85. The van der Waals surface area contributed by atoms with Crippen molar-refractivity contribution in [2.75, 3.05) is 13.7 Å². The van der Waals surface area contributed by atoms with E-state index in [1.54, 1.807) is 23.4 Å². The van der Waals surface area contributed by atoms with Crippen molar-refractivity contribution in [2.45, 2.75) is 32.4 Å². The van der Waals surface area contributed by atoms with Crippen molar-refractivity contribution >= 4 is 23.6 Å². The highest BCUT2D eigenvalue weighted by molar-refractivity contribution is 6.30. The molecule has 0 bridgehead atoms. The summed E-state index contributed by atoms with van der Waals surface area (Å²) in [6, 6.07) is 5.96. The van der Waals surface area contributed by atoms with Crippen LogP contribution in [-0.4, -0.2) is 46.6 Å². The maximum absolute atomic E-state index is 13.1. The maximum Gasteiger partial charge on any atom is 0.328 e. The molecule has 27 heavy (non-hydrogen) atoms. The van der Waals surface area contributed by atoms with E-state index in [1.165, 1.54) is 7.11 Å². The van der Waals surface area contributed by atoms with Crippen LogP contribution in [0, 0.1) is 5.92 Å². The Morgan fingerprint density at radius 1 is 1.33 bits per heavy atom.